The van der Waals surface area contributed by atoms with Gasteiger partial charge in [-0.1, -0.05) is 0 Å². The molecule has 0 aliphatic rings. The van der Waals surface area contributed by atoms with Crippen molar-refractivity contribution >= 4 is 161 Å². The summed E-state index contributed by atoms with van der Waals surface area (Å²) in [4.78, 5) is 129. The number of phosphoric acid groups is 4. The van der Waals surface area contributed by atoms with Crippen LogP contribution in [0.25, 0.3) is 0 Å². The van der Waals surface area contributed by atoms with Crippen molar-refractivity contribution in [2.24, 2.45) is 0 Å². The molecule has 1 radical (unpaired) electrons. The van der Waals surface area contributed by atoms with Crippen molar-refractivity contribution in [3.05, 3.63) is 0 Å². The Hall–Kier alpha value is 3.35. The van der Waals surface area contributed by atoms with Crippen LogP contribution >= 0.6 is 58.3 Å². The molecule has 0 aliphatic heterocycles. The van der Waals surface area contributed by atoms with Crippen LogP contribution in [0.5, 0.6) is 0 Å². The van der Waals surface area contributed by atoms with Crippen LogP contribution in [0, 0.1) is 0 Å². The van der Waals surface area contributed by atoms with Gasteiger partial charge in [-0.2, -0.15) is 27.0 Å². The summed E-state index contributed by atoms with van der Waals surface area (Å²) in [5, 5.41) is 0. The Morgan fingerprint density at radius 3 is 0.375 bits per heavy atom. The van der Waals surface area contributed by atoms with Gasteiger partial charge in [-0.15, -0.1) is 0 Å². The van der Waals surface area contributed by atoms with Gasteiger partial charge in [0.15, 0.2) is 52.1 Å². The fourth-order valence-corrected chi connectivity index (χ4v) is 0. The molecule has 0 saturated carbocycles. The molecule has 0 bridgehead atoms. The molecule has 257 valence electrons. The van der Waals surface area contributed by atoms with Crippen LogP contribution < -0.4 is 0 Å². The topological polar surface area (TPSA) is 484 Å². The zero-order valence-corrected chi connectivity index (χ0v) is 26.5. The molecule has 18 N–H and O–H groups in total. The van der Waals surface area contributed by atoms with Crippen LogP contribution in [-0.2, 0) is 64.9 Å². The Balaban J connectivity index is -0.0000000136. The third-order valence-electron chi connectivity index (χ3n) is 0. The molecular formula is H33Al3CoMgNiO25P4S2Si3. The van der Waals surface area contributed by atoms with Gasteiger partial charge >= 0.3 is 81.9 Å². The predicted octanol–water partition coefficient (Wildman–Crippen LogP) is -12.8. The molecule has 0 heterocycles. The van der Waals surface area contributed by atoms with E-state index in [9.17, 15) is 0 Å². The normalized spacial score (nSPS) is 7.70. The second-order valence-electron chi connectivity index (χ2n) is 2.90. The van der Waals surface area contributed by atoms with E-state index in [1.165, 1.54) is 0 Å². The van der Waals surface area contributed by atoms with E-state index >= 15 is 0 Å². The van der Waals surface area contributed by atoms with Crippen molar-refractivity contribution in [2.75, 3.05) is 0 Å². The summed E-state index contributed by atoms with van der Waals surface area (Å²) in [7, 11) is -27.9. The van der Waals surface area contributed by atoms with Crippen LogP contribution in [-0.4, -0.2) is 190 Å². The van der Waals surface area contributed by atoms with Gasteiger partial charge < -0.3 is 87.5 Å². The first-order chi connectivity index (χ1) is 13.2. The fourth-order valence-electron chi connectivity index (χ4n) is 0. The van der Waals surface area contributed by atoms with Gasteiger partial charge in [-0.3, -0.25) is 13.4 Å². The van der Waals surface area contributed by atoms with Gasteiger partial charge in [0.2, 0.25) is 0 Å². The third kappa shape index (κ3) is 5990. The molecule has 0 saturated heterocycles. The minimum Gasteiger partial charge on any atom is -0.511 e. The minimum atomic E-state index is -4.64. The van der Waals surface area contributed by atoms with Crippen molar-refractivity contribution in [1.82, 2.24) is 0 Å². The van der Waals surface area contributed by atoms with Gasteiger partial charge in [0.05, 0.1) is 0 Å². The molecule has 0 spiro atoms. The van der Waals surface area contributed by atoms with E-state index in [0.29, 0.717) is 0 Å². The van der Waals surface area contributed by atoms with Crippen molar-refractivity contribution < 1.29 is 152 Å². The summed E-state index contributed by atoms with van der Waals surface area (Å²) in [6.45, 7) is 0. The monoisotopic (exact) mass is 927 g/mol. The van der Waals surface area contributed by atoms with Gasteiger partial charge in [-0.05, 0) is 0 Å². The first-order valence-electron chi connectivity index (χ1n) is 5.08. The first-order valence-corrected chi connectivity index (χ1v) is 15.3. The molecule has 0 unspecified atom stereocenters. The Kier molecular flexibility index (Phi) is 133. The van der Waals surface area contributed by atoms with E-state index < -0.39 is 58.8 Å². The summed E-state index contributed by atoms with van der Waals surface area (Å²) >= 11 is 0. The van der Waals surface area contributed by atoms with E-state index in [1.807, 2.05) is 0 Å². The molecule has 0 fully saturated rings. The predicted molar refractivity (Wildman–Crippen MR) is 149 cm³/mol. The minimum absolute atomic E-state index is 0. The quantitative estimate of drug-likeness (QED) is 0.0792. The Bertz CT molecular complexity index is 543. The van der Waals surface area contributed by atoms with E-state index in [0.717, 1.165) is 0 Å². The zero-order chi connectivity index (χ0) is 28.7. The molecule has 40 heavy (non-hydrogen) atoms. The van der Waals surface area contributed by atoms with E-state index in [-0.39, 0.29) is 135 Å². The number of rotatable bonds is 0. The molecule has 0 atom stereocenters. The molecule has 0 rings (SSSR count). The van der Waals surface area contributed by atoms with Crippen molar-refractivity contribution in [3.63, 3.8) is 0 Å². The molecular weight excluding hydrogens is 895 g/mol. The van der Waals surface area contributed by atoms with Crippen molar-refractivity contribution in [1.29, 1.82) is 0 Å². The van der Waals surface area contributed by atoms with Crippen LogP contribution in [0.3, 0.4) is 0 Å². The second-order valence-corrected chi connectivity index (χ2v) is 8.70. The summed E-state index contributed by atoms with van der Waals surface area (Å²) in [5.74, 6) is 0. The van der Waals surface area contributed by atoms with Crippen molar-refractivity contribution in [2.45, 2.75) is 0 Å². The molecule has 0 amide bonds. The van der Waals surface area contributed by atoms with Crippen LogP contribution in [0.15, 0.2) is 0 Å². The van der Waals surface area contributed by atoms with E-state index in [2.05, 4.69) is 0 Å². The molecule has 40 heteroatoms. The third-order valence-corrected chi connectivity index (χ3v) is 0. The van der Waals surface area contributed by atoms with E-state index in [1.54, 1.807) is 0 Å². The van der Waals surface area contributed by atoms with Gasteiger partial charge in [0, 0.05) is 33.3 Å². The average molecular weight is 928 g/mol. The number of hydrogen-bond acceptors (Lipinski definition) is 7. The summed E-state index contributed by atoms with van der Waals surface area (Å²) in [6.07, 6.45) is 0. The fraction of sp³-hybridized carbons (Fsp3) is 0. The van der Waals surface area contributed by atoms with Crippen LogP contribution in [0.4, 0.5) is 0 Å². The van der Waals surface area contributed by atoms with Crippen molar-refractivity contribution in [3.8, 4) is 0 Å². The summed E-state index contributed by atoms with van der Waals surface area (Å²) in [5.41, 5.74) is 0. The largest absolute Gasteiger partial charge is 0.761 e. The summed E-state index contributed by atoms with van der Waals surface area (Å²) < 4.78 is 61.8. The summed E-state index contributed by atoms with van der Waals surface area (Å²) in [6, 6.07) is 0. The Morgan fingerprint density at radius 1 is 0.375 bits per heavy atom. The second kappa shape index (κ2) is 54.8. The van der Waals surface area contributed by atoms with Crippen LogP contribution in [0.1, 0.15) is 0 Å². The Morgan fingerprint density at radius 2 is 0.375 bits per heavy atom. The average Bonchev–Trinajstić information content (AvgIpc) is 2.12. The zero-order valence-electron chi connectivity index (χ0n) is 15.8. The Labute approximate surface area is 310 Å². The molecule has 0 aromatic heterocycles. The van der Waals surface area contributed by atoms with Crippen LogP contribution in [0.2, 0.25) is 0 Å². The SMILES string of the molecule is O=P(O)(O)O.O=P(O)(O)O.O=P(O)(O)O.O=P(O)(O)O.O=[Si](O)O.O=[Si](O)O.O=[Si](O)O.S.S.[AlH3].[AlH3].[AlH3].[Co].[MgH2].[Ni]. The smallest absolute Gasteiger partial charge is 0.511 e. The molecule has 0 aromatic carbocycles. The van der Waals surface area contributed by atoms with Gasteiger partial charge in [-0.25, -0.2) is 18.3 Å². The van der Waals surface area contributed by atoms with Gasteiger partial charge in [0.25, 0.3) is 0 Å². The molecule has 0 aromatic rings. The first kappa shape index (κ1) is 96.7. The van der Waals surface area contributed by atoms with E-state index in [4.69, 9.17) is 119 Å². The molecule has 25 nitrogen and oxygen atoms in total. The maximum atomic E-state index is 8.88. The standard InChI is InChI=1S/3Al.Co.Mg.Ni.4H3O4P.3H2O3Si.2H2S.11H/c;;;;;;4*1-5(2,3)4;3*1-4(2)3;;;;;;;;;;;;;/h;;;;;;4*(H3,1,2,3,4);3*1-2H;2*1H2;;;;;;;;;;;. The maximum absolute atomic E-state index is 8.88. The maximum Gasteiger partial charge on any atom is 0.761 e. The molecule has 0 aliphatic carbocycles. The van der Waals surface area contributed by atoms with Gasteiger partial charge in [0.1, 0.15) is 0 Å². The number of hydrogen-bond donors (Lipinski definition) is 18.